The van der Waals surface area contributed by atoms with Crippen molar-refractivity contribution in [3.63, 3.8) is 0 Å². The molecular weight excluding hydrogens is 160 g/mol. The first-order valence-corrected chi connectivity index (χ1v) is 3.74. The van der Waals surface area contributed by atoms with Crippen LogP contribution in [0.3, 0.4) is 0 Å². The van der Waals surface area contributed by atoms with Gasteiger partial charge in [-0.05, 0) is 24.6 Å². The average Bonchev–Trinajstić information content (AvgIpc) is 2.27. The van der Waals surface area contributed by atoms with Gasteiger partial charge in [-0.1, -0.05) is 11.6 Å². The summed E-state index contributed by atoms with van der Waals surface area (Å²) in [7, 11) is 0. The van der Waals surface area contributed by atoms with Gasteiger partial charge in [-0.15, -0.1) is 0 Å². The lowest BCUT2D eigenvalue weighted by atomic mass is 10.3. The molecule has 0 aliphatic heterocycles. The standard InChI is InChI=1S/C8H7ClN2/c1-6-2-3-11-5-7(9)10-8(11)4-6/h2-5H,1H3. The van der Waals surface area contributed by atoms with Crippen LogP contribution in [0.25, 0.3) is 5.65 Å². The highest BCUT2D eigenvalue weighted by Crippen LogP contribution is 2.10. The van der Waals surface area contributed by atoms with Crippen molar-refractivity contribution in [2.45, 2.75) is 6.92 Å². The van der Waals surface area contributed by atoms with Crippen LogP contribution in [0.15, 0.2) is 24.5 Å². The summed E-state index contributed by atoms with van der Waals surface area (Å²) in [4.78, 5) is 4.10. The summed E-state index contributed by atoms with van der Waals surface area (Å²) >= 11 is 5.70. The van der Waals surface area contributed by atoms with Crippen molar-refractivity contribution in [1.82, 2.24) is 9.38 Å². The second-order valence-corrected chi connectivity index (χ2v) is 2.92. The Bertz CT molecular complexity index is 392. The molecule has 3 heteroatoms. The summed E-state index contributed by atoms with van der Waals surface area (Å²) in [5.74, 6) is 0. The van der Waals surface area contributed by atoms with Gasteiger partial charge in [0.25, 0.3) is 0 Å². The van der Waals surface area contributed by atoms with Crippen LogP contribution >= 0.6 is 11.6 Å². The molecular formula is C8H7ClN2. The van der Waals surface area contributed by atoms with Gasteiger partial charge in [0.1, 0.15) is 10.8 Å². The minimum absolute atomic E-state index is 0.538. The van der Waals surface area contributed by atoms with Gasteiger partial charge in [0, 0.05) is 12.4 Å². The molecule has 0 atom stereocenters. The number of hydrogen-bond acceptors (Lipinski definition) is 1. The summed E-state index contributed by atoms with van der Waals surface area (Å²) in [6, 6.07) is 4.01. The first kappa shape index (κ1) is 6.68. The van der Waals surface area contributed by atoms with Crippen molar-refractivity contribution in [1.29, 1.82) is 0 Å². The quantitative estimate of drug-likeness (QED) is 0.587. The molecule has 0 bridgehead atoms. The van der Waals surface area contributed by atoms with Crippen molar-refractivity contribution in [3.05, 3.63) is 35.2 Å². The maximum atomic E-state index is 5.70. The van der Waals surface area contributed by atoms with Crippen LogP contribution < -0.4 is 0 Å². The van der Waals surface area contributed by atoms with E-state index in [2.05, 4.69) is 4.98 Å². The van der Waals surface area contributed by atoms with Crippen LogP contribution in [-0.4, -0.2) is 9.38 Å². The highest BCUT2D eigenvalue weighted by Gasteiger charge is 1.96. The van der Waals surface area contributed by atoms with Gasteiger partial charge in [0.15, 0.2) is 0 Å². The van der Waals surface area contributed by atoms with Crippen molar-refractivity contribution in [2.75, 3.05) is 0 Å². The van der Waals surface area contributed by atoms with E-state index in [1.807, 2.05) is 29.7 Å². The highest BCUT2D eigenvalue weighted by atomic mass is 35.5. The van der Waals surface area contributed by atoms with Gasteiger partial charge < -0.3 is 4.40 Å². The largest absolute Gasteiger partial charge is 0.305 e. The molecule has 0 spiro atoms. The normalized spacial score (nSPS) is 10.7. The van der Waals surface area contributed by atoms with Crippen LogP contribution in [0.5, 0.6) is 0 Å². The maximum Gasteiger partial charge on any atom is 0.148 e. The van der Waals surface area contributed by atoms with Crippen molar-refractivity contribution in [3.8, 4) is 0 Å². The Morgan fingerprint density at radius 2 is 2.36 bits per heavy atom. The molecule has 0 unspecified atom stereocenters. The van der Waals surface area contributed by atoms with Crippen LogP contribution in [0, 0.1) is 6.92 Å². The minimum Gasteiger partial charge on any atom is -0.305 e. The fraction of sp³-hybridized carbons (Fsp3) is 0.125. The van der Waals surface area contributed by atoms with Gasteiger partial charge in [-0.3, -0.25) is 0 Å². The number of nitrogens with zero attached hydrogens (tertiary/aromatic N) is 2. The first-order valence-electron chi connectivity index (χ1n) is 3.36. The Kier molecular flexibility index (Phi) is 1.36. The Balaban J connectivity index is 2.82. The number of pyridine rings is 1. The molecule has 56 valence electrons. The fourth-order valence-electron chi connectivity index (χ4n) is 1.05. The maximum absolute atomic E-state index is 5.70. The number of aryl methyl sites for hydroxylation is 1. The zero-order valence-electron chi connectivity index (χ0n) is 6.08. The third kappa shape index (κ3) is 1.10. The van der Waals surface area contributed by atoms with E-state index in [1.165, 1.54) is 5.56 Å². The molecule has 2 aromatic rings. The Morgan fingerprint density at radius 3 is 3.18 bits per heavy atom. The predicted octanol–water partition coefficient (Wildman–Crippen LogP) is 2.30. The van der Waals surface area contributed by atoms with E-state index in [4.69, 9.17) is 11.6 Å². The smallest absolute Gasteiger partial charge is 0.148 e. The molecule has 0 N–H and O–H groups in total. The van der Waals surface area contributed by atoms with Crippen LogP contribution in [0.1, 0.15) is 5.56 Å². The first-order chi connectivity index (χ1) is 5.25. The van der Waals surface area contributed by atoms with Gasteiger partial charge >= 0.3 is 0 Å². The molecule has 2 rings (SSSR count). The van der Waals surface area contributed by atoms with E-state index in [0.29, 0.717) is 5.15 Å². The number of aromatic nitrogens is 2. The lowest BCUT2D eigenvalue weighted by molar-refractivity contribution is 1.17. The van der Waals surface area contributed by atoms with Crippen LogP contribution in [0.2, 0.25) is 5.15 Å². The second kappa shape index (κ2) is 2.24. The third-order valence-corrected chi connectivity index (χ3v) is 1.77. The fourth-order valence-corrected chi connectivity index (χ4v) is 1.24. The molecule has 0 aliphatic carbocycles. The molecule has 0 saturated heterocycles. The molecule has 0 amide bonds. The summed E-state index contributed by atoms with van der Waals surface area (Å²) in [6.07, 6.45) is 3.74. The van der Waals surface area contributed by atoms with Crippen LogP contribution in [-0.2, 0) is 0 Å². The van der Waals surface area contributed by atoms with E-state index < -0.39 is 0 Å². The average molecular weight is 167 g/mol. The van der Waals surface area contributed by atoms with E-state index in [0.717, 1.165) is 5.65 Å². The van der Waals surface area contributed by atoms with Crippen molar-refractivity contribution < 1.29 is 0 Å². The van der Waals surface area contributed by atoms with E-state index >= 15 is 0 Å². The van der Waals surface area contributed by atoms with Gasteiger partial charge in [-0.2, -0.15) is 0 Å². The molecule has 11 heavy (non-hydrogen) atoms. The summed E-state index contributed by atoms with van der Waals surface area (Å²) in [5.41, 5.74) is 2.09. The molecule has 0 aromatic carbocycles. The van der Waals surface area contributed by atoms with E-state index in [1.54, 1.807) is 6.20 Å². The molecule has 2 heterocycles. The lowest BCUT2D eigenvalue weighted by Gasteiger charge is -1.92. The van der Waals surface area contributed by atoms with Gasteiger partial charge in [-0.25, -0.2) is 4.98 Å². The van der Waals surface area contributed by atoms with Gasteiger partial charge in [0.2, 0.25) is 0 Å². The summed E-state index contributed by atoms with van der Waals surface area (Å²) in [5, 5.41) is 0.538. The van der Waals surface area contributed by atoms with E-state index in [9.17, 15) is 0 Å². The lowest BCUT2D eigenvalue weighted by Crippen LogP contribution is -1.81. The number of imidazole rings is 1. The Morgan fingerprint density at radius 1 is 1.55 bits per heavy atom. The van der Waals surface area contributed by atoms with Crippen molar-refractivity contribution >= 4 is 17.2 Å². The highest BCUT2D eigenvalue weighted by molar-refractivity contribution is 6.29. The third-order valence-electron chi connectivity index (χ3n) is 1.59. The predicted molar refractivity (Wildman–Crippen MR) is 44.9 cm³/mol. The minimum atomic E-state index is 0.538. The molecule has 0 radical (unpaired) electrons. The molecule has 2 nitrogen and oxygen atoms in total. The second-order valence-electron chi connectivity index (χ2n) is 2.53. The van der Waals surface area contributed by atoms with Crippen molar-refractivity contribution in [2.24, 2.45) is 0 Å². The zero-order valence-corrected chi connectivity index (χ0v) is 6.84. The monoisotopic (exact) mass is 166 g/mol. The molecule has 0 saturated carbocycles. The number of hydrogen-bond donors (Lipinski definition) is 0. The number of rotatable bonds is 0. The zero-order chi connectivity index (χ0) is 7.84. The Labute approximate surface area is 69.4 Å². The van der Waals surface area contributed by atoms with E-state index in [-0.39, 0.29) is 0 Å². The number of fused-ring (bicyclic) bond motifs is 1. The SMILES string of the molecule is Cc1ccn2cc(Cl)nc2c1. The topological polar surface area (TPSA) is 17.3 Å². The Hall–Kier alpha value is -1.02. The van der Waals surface area contributed by atoms with Gasteiger partial charge in [0.05, 0.1) is 0 Å². The summed E-state index contributed by atoms with van der Waals surface area (Å²) < 4.78 is 1.90. The summed E-state index contributed by atoms with van der Waals surface area (Å²) in [6.45, 7) is 2.03. The number of halogens is 1. The van der Waals surface area contributed by atoms with Crippen LogP contribution in [0.4, 0.5) is 0 Å². The molecule has 2 aromatic heterocycles. The molecule has 0 aliphatic rings. The molecule has 0 fully saturated rings.